The van der Waals surface area contributed by atoms with E-state index in [9.17, 15) is 9.90 Å². The molecule has 1 fully saturated rings. The maximum Gasteiger partial charge on any atom is 0.317 e. The fourth-order valence-electron chi connectivity index (χ4n) is 2.03. The molecular formula is C13H19BrN2O2S. The van der Waals surface area contributed by atoms with Gasteiger partial charge in [0, 0.05) is 30.4 Å². The molecule has 106 valence electrons. The molecule has 0 saturated heterocycles. The van der Waals surface area contributed by atoms with Gasteiger partial charge in [0.1, 0.15) is 0 Å². The van der Waals surface area contributed by atoms with Gasteiger partial charge in [-0.3, -0.25) is 0 Å². The van der Waals surface area contributed by atoms with E-state index in [-0.39, 0.29) is 18.1 Å². The minimum atomic E-state index is -0.0599. The van der Waals surface area contributed by atoms with Crippen LogP contribution in [0.1, 0.15) is 17.7 Å². The zero-order valence-corrected chi connectivity index (χ0v) is 13.4. The summed E-state index contributed by atoms with van der Waals surface area (Å²) >= 11 is 5.11. The summed E-state index contributed by atoms with van der Waals surface area (Å²) < 4.78 is 1.12. The first-order chi connectivity index (χ1) is 9.04. The van der Waals surface area contributed by atoms with Gasteiger partial charge in [-0.25, -0.2) is 4.79 Å². The Balaban J connectivity index is 1.69. The highest BCUT2D eigenvalue weighted by molar-refractivity contribution is 9.11. The topological polar surface area (TPSA) is 52.6 Å². The summed E-state index contributed by atoms with van der Waals surface area (Å²) in [6.07, 6.45) is 2.88. The maximum atomic E-state index is 11.9. The third-order valence-electron chi connectivity index (χ3n) is 3.49. The fraction of sp³-hybridized carbons (Fsp3) is 0.615. The van der Waals surface area contributed by atoms with E-state index < -0.39 is 0 Å². The van der Waals surface area contributed by atoms with Gasteiger partial charge < -0.3 is 15.3 Å². The number of amides is 2. The number of thiophene rings is 1. The summed E-state index contributed by atoms with van der Waals surface area (Å²) in [6, 6.07) is 4.03. The summed E-state index contributed by atoms with van der Waals surface area (Å²) in [5.74, 6) is 0. The second-order valence-corrected chi connectivity index (χ2v) is 7.75. The van der Waals surface area contributed by atoms with Crippen molar-refractivity contribution in [2.45, 2.75) is 19.3 Å². The van der Waals surface area contributed by atoms with Crippen LogP contribution in [-0.4, -0.2) is 42.8 Å². The first kappa shape index (κ1) is 14.8. The zero-order valence-electron chi connectivity index (χ0n) is 11.0. The number of nitrogens with one attached hydrogen (secondary N) is 1. The van der Waals surface area contributed by atoms with Crippen LogP contribution in [-0.2, 0) is 6.42 Å². The Labute approximate surface area is 125 Å². The molecule has 2 rings (SSSR count). The van der Waals surface area contributed by atoms with E-state index >= 15 is 0 Å². The van der Waals surface area contributed by atoms with Gasteiger partial charge in [0.25, 0.3) is 0 Å². The van der Waals surface area contributed by atoms with Gasteiger partial charge in [0.2, 0.25) is 0 Å². The molecule has 2 amide bonds. The van der Waals surface area contributed by atoms with Crippen molar-refractivity contribution in [3.63, 3.8) is 0 Å². The number of carbonyl (C=O) groups is 1. The van der Waals surface area contributed by atoms with Crippen LogP contribution >= 0.6 is 27.3 Å². The molecule has 1 aromatic heterocycles. The smallest absolute Gasteiger partial charge is 0.317 e. The Morgan fingerprint density at radius 2 is 2.32 bits per heavy atom. The highest BCUT2D eigenvalue weighted by Gasteiger charge is 2.43. The van der Waals surface area contributed by atoms with Gasteiger partial charge in [0.15, 0.2) is 0 Å². The van der Waals surface area contributed by atoms with E-state index in [4.69, 9.17) is 0 Å². The molecule has 0 atom stereocenters. The van der Waals surface area contributed by atoms with Crippen molar-refractivity contribution in [3.05, 3.63) is 20.8 Å². The van der Waals surface area contributed by atoms with Crippen LogP contribution in [0.3, 0.4) is 0 Å². The molecule has 1 aliphatic rings. The Morgan fingerprint density at radius 1 is 1.58 bits per heavy atom. The third kappa shape index (κ3) is 4.19. The molecule has 0 spiro atoms. The molecule has 1 aliphatic carbocycles. The molecule has 0 aliphatic heterocycles. The molecular weight excluding hydrogens is 328 g/mol. The van der Waals surface area contributed by atoms with E-state index in [1.807, 2.05) is 6.07 Å². The number of nitrogens with zero attached hydrogens (tertiary/aromatic N) is 1. The van der Waals surface area contributed by atoms with Crippen molar-refractivity contribution in [1.82, 2.24) is 10.2 Å². The lowest BCUT2D eigenvalue weighted by atomic mass is 10.1. The van der Waals surface area contributed by atoms with Crippen molar-refractivity contribution >= 4 is 33.3 Å². The largest absolute Gasteiger partial charge is 0.396 e. The standard InChI is InChI=1S/C13H19BrN2O2S/c1-16(8-13(9-17)5-6-13)12(18)15-7-4-10-2-3-11(14)19-10/h2-3,17H,4-9H2,1H3,(H,15,18). The van der Waals surface area contributed by atoms with Gasteiger partial charge >= 0.3 is 6.03 Å². The van der Waals surface area contributed by atoms with Gasteiger partial charge in [0.05, 0.1) is 10.4 Å². The number of rotatable bonds is 6. The molecule has 1 saturated carbocycles. The lowest BCUT2D eigenvalue weighted by Crippen LogP contribution is -2.41. The average Bonchev–Trinajstić information content (AvgIpc) is 3.04. The summed E-state index contributed by atoms with van der Waals surface area (Å²) in [5, 5.41) is 12.2. The lowest BCUT2D eigenvalue weighted by molar-refractivity contribution is 0.162. The van der Waals surface area contributed by atoms with Crippen molar-refractivity contribution in [2.75, 3.05) is 26.7 Å². The molecule has 4 nitrogen and oxygen atoms in total. The summed E-state index contributed by atoms with van der Waals surface area (Å²) in [4.78, 5) is 14.8. The van der Waals surface area contributed by atoms with E-state index in [2.05, 4.69) is 27.3 Å². The number of aliphatic hydroxyl groups is 1. The molecule has 0 radical (unpaired) electrons. The minimum Gasteiger partial charge on any atom is -0.396 e. The van der Waals surface area contributed by atoms with Crippen LogP contribution < -0.4 is 5.32 Å². The molecule has 1 heterocycles. The third-order valence-corrected chi connectivity index (χ3v) is 5.17. The first-order valence-corrected chi connectivity index (χ1v) is 8.00. The average molecular weight is 347 g/mol. The Bertz CT molecular complexity index is 446. The summed E-state index contributed by atoms with van der Waals surface area (Å²) in [5.41, 5.74) is -0.0231. The highest BCUT2D eigenvalue weighted by atomic mass is 79.9. The van der Waals surface area contributed by atoms with Crippen molar-refractivity contribution in [3.8, 4) is 0 Å². The van der Waals surface area contributed by atoms with Crippen LogP contribution in [0.25, 0.3) is 0 Å². The number of hydrogen-bond donors (Lipinski definition) is 2. The second-order valence-electron chi connectivity index (χ2n) is 5.20. The number of aliphatic hydroxyl groups excluding tert-OH is 1. The number of carbonyl (C=O) groups excluding carboxylic acids is 1. The maximum absolute atomic E-state index is 11.9. The summed E-state index contributed by atoms with van der Waals surface area (Å²) in [6.45, 7) is 1.45. The first-order valence-electron chi connectivity index (χ1n) is 6.39. The van der Waals surface area contributed by atoms with Crippen molar-refractivity contribution in [1.29, 1.82) is 0 Å². The normalized spacial score (nSPS) is 16.2. The second kappa shape index (κ2) is 6.24. The molecule has 6 heteroatoms. The SMILES string of the molecule is CN(CC1(CO)CC1)C(=O)NCCc1ccc(Br)s1. The molecule has 0 unspecified atom stereocenters. The van der Waals surface area contributed by atoms with Gasteiger partial charge in [-0.1, -0.05) is 0 Å². The minimum absolute atomic E-state index is 0.0231. The predicted octanol–water partition coefficient (Wildman–Crippen LogP) is 2.47. The van der Waals surface area contributed by atoms with Gasteiger partial charge in [-0.05, 0) is 47.3 Å². The Morgan fingerprint density at radius 3 is 2.84 bits per heavy atom. The lowest BCUT2D eigenvalue weighted by Gasteiger charge is -2.22. The predicted molar refractivity (Wildman–Crippen MR) is 80.5 cm³/mol. The van der Waals surface area contributed by atoms with E-state index in [1.54, 1.807) is 23.3 Å². The quantitative estimate of drug-likeness (QED) is 0.831. The van der Waals surface area contributed by atoms with Crippen LogP contribution in [0.2, 0.25) is 0 Å². The Kier molecular flexibility index (Phi) is 4.86. The van der Waals surface area contributed by atoms with Gasteiger partial charge in [-0.2, -0.15) is 0 Å². The fourth-order valence-corrected chi connectivity index (χ4v) is 3.51. The molecule has 0 bridgehead atoms. The zero-order chi connectivity index (χ0) is 13.9. The van der Waals surface area contributed by atoms with E-state index in [1.165, 1.54) is 4.88 Å². The highest BCUT2D eigenvalue weighted by Crippen LogP contribution is 2.45. The van der Waals surface area contributed by atoms with Crippen molar-refractivity contribution < 1.29 is 9.90 Å². The number of hydrogen-bond acceptors (Lipinski definition) is 3. The van der Waals surface area contributed by atoms with E-state index in [0.29, 0.717) is 13.1 Å². The van der Waals surface area contributed by atoms with Gasteiger partial charge in [-0.15, -0.1) is 11.3 Å². The molecule has 1 aromatic rings. The summed E-state index contributed by atoms with van der Waals surface area (Å²) in [7, 11) is 1.78. The monoisotopic (exact) mass is 346 g/mol. The van der Waals surface area contributed by atoms with E-state index in [0.717, 1.165) is 23.0 Å². The van der Waals surface area contributed by atoms with Crippen LogP contribution in [0.15, 0.2) is 15.9 Å². The number of halogens is 1. The molecule has 19 heavy (non-hydrogen) atoms. The van der Waals surface area contributed by atoms with Crippen molar-refractivity contribution in [2.24, 2.45) is 5.41 Å². The van der Waals surface area contributed by atoms with Crippen LogP contribution in [0, 0.1) is 5.41 Å². The van der Waals surface area contributed by atoms with Crippen LogP contribution in [0.4, 0.5) is 4.79 Å². The Hall–Kier alpha value is -0.590. The van der Waals surface area contributed by atoms with Crippen LogP contribution in [0.5, 0.6) is 0 Å². The molecule has 2 N–H and O–H groups in total. The molecule has 0 aromatic carbocycles. The number of urea groups is 1.